The number of rotatable bonds is 8. The molecule has 0 saturated heterocycles. The number of hydrogen-bond acceptors (Lipinski definition) is 5. The van der Waals surface area contributed by atoms with E-state index in [0.29, 0.717) is 12.8 Å². The van der Waals surface area contributed by atoms with Crippen molar-refractivity contribution in [3.63, 3.8) is 0 Å². The molecule has 0 bridgehead atoms. The summed E-state index contributed by atoms with van der Waals surface area (Å²) in [5.41, 5.74) is 0. The van der Waals surface area contributed by atoms with Gasteiger partial charge in [-0.25, -0.2) is 13.2 Å². The number of carboxylic acids is 1. The molecule has 0 aromatic carbocycles. The minimum absolute atomic E-state index is 0.0800. The van der Waals surface area contributed by atoms with E-state index >= 15 is 0 Å². The van der Waals surface area contributed by atoms with Crippen LogP contribution in [-0.4, -0.2) is 49.1 Å². The zero-order valence-corrected chi connectivity index (χ0v) is 11.4. The standard InChI is InChI=1S/C11H17NO6S/c1-12(7-3-2-4-8-13)19(16,17)10-6-5-9(18-10)11(14)15/h5-6,13H,2-4,7-8H2,1H3,(H,14,15). The molecule has 8 heteroatoms. The first-order chi connectivity index (χ1) is 8.89. The molecule has 1 aromatic rings. The van der Waals surface area contributed by atoms with Gasteiger partial charge in [0.05, 0.1) is 0 Å². The summed E-state index contributed by atoms with van der Waals surface area (Å²) in [5.74, 6) is -1.72. The number of carbonyl (C=O) groups is 1. The van der Waals surface area contributed by atoms with Crippen molar-refractivity contribution >= 4 is 16.0 Å². The Morgan fingerprint density at radius 2 is 2.00 bits per heavy atom. The van der Waals surface area contributed by atoms with E-state index in [1.165, 1.54) is 7.05 Å². The smallest absolute Gasteiger partial charge is 0.371 e. The van der Waals surface area contributed by atoms with Gasteiger partial charge in [0.2, 0.25) is 10.9 Å². The summed E-state index contributed by atoms with van der Waals surface area (Å²) in [7, 11) is -2.40. The average molecular weight is 291 g/mol. The molecule has 0 amide bonds. The van der Waals surface area contributed by atoms with Crippen molar-refractivity contribution in [1.82, 2.24) is 4.31 Å². The van der Waals surface area contributed by atoms with E-state index in [-0.39, 0.29) is 18.2 Å². The number of carboxylic acid groups (broad SMARTS) is 1. The number of aliphatic hydroxyl groups excluding tert-OH is 1. The van der Waals surface area contributed by atoms with Gasteiger partial charge in [-0.3, -0.25) is 0 Å². The van der Waals surface area contributed by atoms with Gasteiger partial charge in [0, 0.05) is 20.2 Å². The molecule has 0 aliphatic heterocycles. The van der Waals surface area contributed by atoms with Crippen molar-refractivity contribution in [3.8, 4) is 0 Å². The zero-order valence-electron chi connectivity index (χ0n) is 10.6. The maximum atomic E-state index is 12.0. The maximum Gasteiger partial charge on any atom is 0.371 e. The number of unbranched alkanes of at least 4 members (excludes halogenated alkanes) is 2. The molecule has 1 rings (SSSR count). The van der Waals surface area contributed by atoms with Gasteiger partial charge in [-0.2, -0.15) is 4.31 Å². The van der Waals surface area contributed by atoms with Gasteiger partial charge in [0.25, 0.3) is 10.0 Å². The lowest BCUT2D eigenvalue weighted by molar-refractivity contribution is 0.0656. The first-order valence-corrected chi connectivity index (χ1v) is 7.24. The molecular weight excluding hydrogens is 274 g/mol. The maximum absolute atomic E-state index is 12.0. The fourth-order valence-electron chi connectivity index (χ4n) is 1.47. The zero-order chi connectivity index (χ0) is 14.5. The Balaban J connectivity index is 2.70. The quantitative estimate of drug-likeness (QED) is 0.685. The minimum atomic E-state index is -3.80. The van der Waals surface area contributed by atoms with Crippen LogP contribution >= 0.6 is 0 Å². The molecule has 2 N–H and O–H groups in total. The third-order valence-electron chi connectivity index (χ3n) is 2.59. The molecular formula is C11H17NO6S. The molecule has 0 aliphatic rings. The summed E-state index contributed by atoms with van der Waals surface area (Å²) in [6.45, 7) is 0.363. The summed E-state index contributed by atoms with van der Waals surface area (Å²) < 4.78 is 29.9. The molecule has 0 saturated carbocycles. The Hall–Kier alpha value is -1.38. The van der Waals surface area contributed by atoms with Crippen LogP contribution in [0.25, 0.3) is 0 Å². The topological polar surface area (TPSA) is 108 Å². The van der Waals surface area contributed by atoms with E-state index in [2.05, 4.69) is 0 Å². The van der Waals surface area contributed by atoms with Crippen LogP contribution in [0.1, 0.15) is 29.8 Å². The van der Waals surface area contributed by atoms with Crippen LogP contribution < -0.4 is 0 Å². The second kappa shape index (κ2) is 6.69. The Morgan fingerprint density at radius 3 is 2.53 bits per heavy atom. The lowest BCUT2D eigenvalue weighted by Gasteiger charge is -2.14. The predicted octanol–water partition coefficient (Wildman–Crippen LogP) is 0.761. The molecule has 108 valence electrons. The SMILES string of the molecule is CN(CCCCCO)S(=O)(=O)c1ccc(C(=O)O)o1. The highest BCUT2D eigenvalue weighted by Crippen LogP contribution is 2.18. The molecule has 0 atom stereocenters. The van der Waals surface area contributed by atoms with Crippen LogP contribution in [0.2, 0.25) is 0 Å². The van der Waals surface area contributed by atoms with Crippen LogP contribution in [0.4, 0.5) is 0 Å². The molecule has 1 heterocycles. The second-order valence-corrected chi connectivity index (χ2v) is 6.01. The van der Waals surface area contributed by atoms with Gasteiger partial charge in [-0.1, -0.05) is 0 Å². The third kappa shape index (κ3) is 4.05. The first kappa shape index (κ1) is 15.7. The summed E-state index contributed by atoms with van der Waals surface area (Å²) in [6.07, 6.45) is 1.95. The summed E-state index contributed by atoms with van der Waals surface area (Å²) in [5, 5.41) is 16.9. The highest BCUT2D eigenvalue weighted by molar-refractivity contribution is 7.89. The monoisotopic (exact) mass is 291 g/mol. The summed E-state index contributed by atoms with van der Waals surface area (Å²) >= 11 is 0. The van der Waals surface area contributed by atoms with Crippen molar-refractivity contribution < 1.29 is 27.8 Å². The molecule has 1 aromatic heterocycles. The fourth-order valence-corrected chi connectivity index (χ4v) is 2.58. The van der Waals surface area contributed by atoms with Gasteiger partial charge < -0.3 is 14.6 Å². The van der Waals surface area contributed by atoms with Crippen LogP contribution in [-0.2, 0) is 10.0 Å². The molecule has 7 nitrogen and oxygen atoms in total. The van der Waals surface area contributed by atoms with Gasteiger partial charge in [-0.05, 0) is 31.4 Å². The van der Waals surface area contributed by atoms with Crippen molar-refractivity contribution in [3.05, 3.63) is 17.9 Å². The van der Waals surface area contributed by atoms with Crippen LogP contribution in [0, 0.1) is 0 Å². The third-order valence-corrected chi connectivity index (χ3v) is 4.32. The summed E-state index contributed by atoms with van der Waals surface area (Å²) in [4.78, 5) is 10.6. The number of aromatic carboxylic acids is 1. The Bertz CT molecular complexity index is 521. The van der Waals surface area contributed by atoms with Crippen molar-refractivity contribution in [2.45, 2.75) is 24.4 Å². The highest BCUT2D eigenvalue weighted by atomic mass is 32.2. The van der Waals surface area contributed by atoms with Gasteiger partial charge in [0.1, 0.15) is 0 Å². The lowest BCUT2D eigenvalue weighted by Crippen LogP contribution is -2.27. The molecule has 0 fully saturated rings. The highest BCUT2D eigenvalue weighted by Gasteiger charge is 2.25. The van der Waals surface area contributed by atoms with Gasteiger partial charge in [0.15, 0.2) is 0 Å². The number of nitrogens with zero attached hydrogens (tertiary/aromatic N) is 1. The van der Waals surface area contributed by atoms with Crippen LogP contribution in [0.3, 0.4) is 0 Å². The number of hydrogen-bond donors (Lipinski definition) is 2. The second-order valence-electron chi connectivity index (χ2n) is 4.03. The van der Waals surface area contributed by atoms with E-state index in [0.717, 1.165) is 22.9 Å². The van der Waals surface area contributed by atoms with Gasteiger partial charge in [-0.15, -0.1) is 0 Å². The van der Waals surface area contributed by atoms with Crippen molar-refractivity contribution in [1.29, 1.82) is 0 Å². The molecule has 0 aliphatic carbocycles. The molecule has 19 heavy (non-hydrogen) atoms. The predicted molar refractivity (Wildman–Crippen MR) is 66.4 cm³/mol. The fraction of sp³-hybridized carbons (Fsp3) is 0.545. The largest absolute Gasteiger partial charge is 0.475 e. The Labute approximate surface area is 111 Å². The number of aliphatic hydroxyl groups is 1. The van der Waals surface area contributed by atoms with E-state index in [1.54, 1.807) is 0 Å². The lowest BCUT2D eigenvalue weighted by atomic mass is 10.2. The van der Waals surface area contributed by atoms with E-state index in [4.69, 9.17) is 14.6 Å². The number of furan rings is 1. The molecule has 0 unspecified atom stereocenters. The van der Waals surface area contributed by atoms with E-state index < -0.39 is 21.8 Å². The van der Waals surface area contributed by atoms with E-state index in [1.807, 2.05) is 0 Å². The average Bonchev–Trinajstić information content (AvgIpc) is 2.84. The van der Waals surface area contributed by atoms with Crippen LogP contribution in [0.5, 0.6) is 0 Å². The first-order valence-electron chi connectivity index (χ1n) is 5.80. The minimum Gasteiger partial charge on any atom is -0.475 e. The number of sulfonamides is 1. The van der Waals surface area contributed by atoms with Crippen molar-refractivity contribution in [2.24, 2.45) is 0 Å². The summed E-state index contributed by atoms with van der Waals surface area (Å²) in [6, 6.07) is 2.23. The van der Waals surface area contributed by atoms with Crippen LogP contribution in [0.15, 0.2) is 21.6 Å². The molecule has 0 spiro atoms. The van der Waals surface area contributed by atoms with Gasteiger partial charge >= 0.3 is 5.97 Å². The van der Waals surface area contributed by atoms with Crippen molar-refractivity contribution in [2.75, 3.05) is 20.2 Å². The Kier molecular flexibility index (Phi) is 5.52. The van der Waals surface area contributed by atoms with E-state index in [9.17, 15) is 13.2 Å². The normalized spacial score (nSPS) is 11.9. The molecule has 0 radical (unpaired) electrons. The Morgan fingerprint density at radius 1 is 1.32 bits per heavy atom.